The molecule has 0 aliphatic carbocycles. The molecule has 0 fully saturated rings. The first-order valence-electron chi connectivity index (χ1n) is 5.80. The summed E-state index contributed by atoms with van der Waals surface area (Å²) in [5.74, 6) is 0.383. The van der Waals surface area contributed by atoms with Crippen LogP contribution in [0.4, 0.5) is 0 Å². The van der Waals surface area contributed by atoms with E-state index in [2.05, 4.69) is 27.7 Å². The summed E-state index contributed by atoms with van der Waals surface area (Å²) < 4.78 is 0. The Morgan fingerprint density at radius 1 is 1.13 bits per heavy atom. The Balaban J connectivity index is 4.26. The van der Waals surface area contributed by atoms with E-state index >= 15 is 0 Å². The lowest BCUT2D eigenvalue weighted by Crippen LogP contribution is -2.44. The molecule has 0 spiro atoms. The van der Waals surface area contributed by atoms with Gasteiger partial charge in [-0.25, -0.2) is 0 Å². The molecule has 0 saturated heterocycles. The monoisotopic (exact) mass is 215 g/mol. The molecule has 15 heavy (non-hydrogen) atoms. The van der Waals surface area contributed by atoms with Crippen LogP contribution < -0.4 is 5.73 Å². The summed E-state index contributed by atoms with van der Waals surface area (Å²) in [5.41, 5.74) is 3.96. The van der Waals surface area contributed by atoms with Crippen LogP contribution in [-0.2, 0) is 4.79 Å². The molecular formula is C12H25NO2. The maximum Gasteiger partial charge on any atom is 0.249 e. The van der Waals surface area contributed by atoms with Gasteiger partial charge in [0, 0.05) is 0 Å². The van der Waals surface area contributed by atoms with Crippen molar-refractivity contribution < 1.29 is 9.90 Å². The number of hydrogen-bond donors (Lipinski definition) is 2. The van der Waals surface area contributed by atoms with E-state index in [1.54, 1.807) is 0 Å². The maximum atomic E-state index is 11.2. The molecule has 1 amide bonds. The van der Waals surface area contributed by atoms with Crippen LogP contribution in [0.1, 0.15) is 53.4 Å². The Morgan fingerprint density at radius 3 is 1.67 bits per heavy atom. The topological polar surface area (TPSA) is 63.3 Å². The van der Waals surface area contributed by atoms with Crippen molar-refractivity contribution in [1.82, 2.24) is 0 Å². The fourth-order valence-electron chi connectivity index (χ4n) is 1.43. The van der Waals surface area contributed by atoms with Crippen molar-refractivity contribution in [1.29, 1.82) is 0 Å². The second-order valence-corrected chi connectivity index (χ2v) is 5.26. The minimum absolute atomic E-state index is 0.479. The van der Waals surface area contributed by atoms with Gasteiger partial charge in [-0.15, -0.1) is 0 Å². The van der Waals surface area contributed by atoms with E-state index in [1.807, 2.05) is 0 Å². The van der Waals surface area contributed by atoms with Crippen molar-refractivity contribution in [2.45, 2.75) is 59.0 Å². The van der Waals surface area contributed by atoms with Gasteiger partial charge in [0.25, 0.3) is 0 Å². The van der Waals surface area contributed by atoms with Gasteiger partial charge < -0.3 is 10.8 Å². The van der Waals surface area contributed by atoms with E-state index < -0.39 is 11.5 Å². The SMILES string of the molecule is CC(C)CCC(O)(CCC(C)C)C(N)=O. The standard InChI is InChI=1S/C12H25NO2/c1-9(2)5-7-12(15,11(13)14)8-6-10(3)4/h9-10,15H,5-8H2,1-4H3,(H2,13,14). The van der Waals surface area contributed by atoms with E-state index in [1.165, 1.54) is 0 Å². The van der Waals surface area contributed by atoms with Crippen LogP contribution in [0.25, 0.3) is 0 Å². The van der Waals surface area contributed by atoms with Crippen molar-refractivity contribution in [3.63, 3.8) is 0 Å². The smallest absolute Gasteiger partial charge is 0.249 e. The molecule has 0 aliphatic rings. The highest BCUT2D eigenvalue weighted by atomic mass is 16.3. The third kappa shape index (κ3) is 5.78. The zero-order valence-corrected chi connectivity index (χ0v) is 10.4. The van der Waals surface area contributed by atoms with Crippen LogP contribution >= 0.6 is 0 Å². The molecule has 3 heteroatoms. The first-order valence-corrected chi connectivity index (χ1v) is 5.80. The number of primary amides is 1. The number of aliphatic hydroxyl groups is 1. The summed E-state index contributed by atoms with van der Waals surface area (Å²) in [4.78, 5) is 11.2. The largest absolute Gasteiger partial charge is 0.380 e. The van der Waals surface area contributed by atoms with Crippen LogP contribution in [0.3, 0.4) is 0 Å². The van der Waals surface area contributed by atoms with Crippen LogP contribution in [0.5, 0.6) is 0 Å². The first-order chi connectivity index (χ1) is 6.78. The maximum absolute atomic E-state index is 11.2. The molecule has 0 heterocycles. The molecule has 0 unspecified atom stereocenters. The fraction of sp³-hybridized carbons (Fsp3) is 0.917. The van der Waals surface area contributed by atoms with Gasteiger partial charge in [-0.05, 0) is 37.5 Å². The van der Waals surface area contributed by atoms with Gasteiger partial charge in [-0.1, -0.05) is 27.7 Å². The average Bonchev–Trinajstić information content (AvgIpc) is 2.11. The molecule has 0 saturated carbocycles. The van der Waals surface area contributed by atoms with Crippen molar-refractivity contribution in [3.8, 4) is 0 Å². The second-order valence-electron chi connectivity index (χ2n) is 5.26. The highest BCUT2D eigenvalue weighted by molar-refractivity contribution is 5.83. The molecule has 0 aliphatic heterocycles. The Morgan fingerprint density at radius 2 is 1.47 bits per heavy atom. The van der Waals surface area contributed by atoms with Gasteiger partial charge in [-0.2, -0.15) is 0 Å². The van der Waals surface area contributed by atoms with Crippen LogP contribution in [0, 0.1) is 11.8 Å². The fourth-order valence-corrected chi connectivity index (χ4v) is 1.43. The Labute approximate surface area is 93.0 Å². The number of carbonyl (C=O) groups is 1. The third-order valence-electron chi connectivity index (χ3n) is 2.73. The van der Waals surface area contributed by atoms with E-state index in [4.69, 9.17) is 5.73 Å². The molecule has 0 bridgehead atoms. The molecule has 0 radical (unpaired) electrons. The normalized spacial score (nSPS) is 12.5. The molecule has 90 valence electrons. The Hall–Kier alpha value is -0.570. The van der Waals surface area contributed by atoms with E-state index in [-0.39, 0.29) is 0 Å². The number of amides is 1. The minimum atomic E-state index is -1.30. The van der Waals surface area contributed by atoms with Crippen molar-refractivity contribution in [2.75, 3.05) is 0 Å². The predicted octanol–water partition coefficient (Wildman–Crippen LogP) is 2.08. The van der Waals surface area contributed by atoms with Crippen molar-refractivity contribution in [3.05, 3.63) is 0 Å². The van der Waals surface area contributed by atoms with Crippen LogP contribution in [-0.4, -0.2) is 16.6 Å². The molecule has 0 rings (SSSR count). The number of rotatable bonds is 7. The zero-order valence-electron chi connectivity index (χ0n) is 10.4. The Bertz CT molecular complexity index is 188. The average molecular weight is 215 g/mol. The lowest BCUT2D eigenvalue weighted by Gasteiger charge is -2.26. The molecule has 0 aromatic carbocycles. The van der Waals surface area contributed by atoms with Gasteiger partial charge in [0.05, 0.1) is 0 Å². The third-order valence-corrected chi connectivity index (χ3v) is 2.73. The summed E-state index contributed by atoms with van der Waals surface area (Å²) in [7, 11) is 0. The molecular weight excluding hydrogens is 190 g/mol. The number of nitrogens with two attached hydrogens (primary N) is 1. The Kier molecular flexibility index (Phi) is 5.88. The molecule has 0 atom stereocenters. The second kappa shape index (κ2) is 6.11. The minimum Gasteiger partial charge on any atom is -0.380 e. The summed E-state index contributed by atoms with van der Waals surface area (Å²) in [6, 6.07) is 0. The number of hydrogen-bond acceptors (Lipinski definition) is 2. The highest BCUT2D eigenvalue weighted by Crippen LogP contribution is 2.23. The first kappa shape index (κ1) is 14.4. The van der Waals surface area contributed by atoms with Crippen molar-refractivity contribution in [2.24, 2.45) is 17.6 Å². The van der Waals surface area contributed by atoms with Gasteiger partial charge in [0.1, 0.15) is 5.60 Å². The molecule has 0 aromatic heterocycles. The highest BCUT2D eigenvalue weighted by Gasteiger charge is 2.33. The van der Waals surface area contributed by atoms with Gasteiger partial charge in [0.2, 0.25) is 5.91 Å². The summed E-state index contributed by atoms with van der Waals surface area (Å²) in [6.07, 6.45) is 2.62. The predicted molar refractivity (Wildman–Crippen MR) is 62.3 cm³/mol. The lowest BCUT2D eigenvalue weighted by atomic mass is 9.86. The quantitative estimate of drug-likeness (QED) is 0.683. The molecule has 3 N–H and O–H groups in total. The van der Waals surface area contributed by atoms with Gasteiger partial charge >= 0.3 is 0 Å². The number of carbonyl (C=O) groups excluding carboxylic acids is 1. The zero-order chi connectivity index (χ0) is 12.1. The van der Waals surface area contributed by atoms with E-state index in [0.717, 1.165) is 12.8 Å². The van der Waals surface area contributed by atoms with Crippen LogP contribution in [0.2, 0.25) is 0 Å². The van der Waals surface area contributed by atoms with E-state index in [0.29, 0.717) is 24.7 Å². The van der Waals surface area contributed by atoms with Gasteiger partial charge in [-0.3, -0.25) is 4.79 Å². The molecule has 3 nitrogen and oxygen atoms in total. The summed E-state index contributed by atoms with van der Waals surface area (Å²) >= 11 is 0. The molecule has 0 aromatic rings. The van der Waals surface area contributed by atoms with Crippen molar-refractivity contribution >= 4 is 5.91 Å². The van der Waals surface area contributed by atoms with E-state index in [9.17, 15) is 9.90 Å². The van der Waals surface area contributed by atoms with Gasteiger partial charge in [0.15, 0.2) is 0 Å². The summed E-state index contributed by atoms with van der Waals surface area (Å²) in [5, 5.41) is 10.1. The summed E-state index contributed by atoms with van der Waals surface area (Å²) in [6.45, 7) is 8.29. The lowest BCUT2D eigenvalue weighted by molar-refractivity contribution is -0.138. The van der Waals surface area contributed by atoms with Crippen LogP contribution in [0.15, 0.2) is 0 Å².